The third-order valence-electron chi connectivity index (χ3n) is 3.27. The molecule has 1 atom stereocenters. The molecule has 4 N–H and O–H groups in total. The van der Waals surface area contributed by atoms with Gasteiger partial charge in [0.1, 0.15) is 17.9 Å². The number of aromatic nitrogens is 3. The van der Waals surface area contributed by atoms with Gasteiger partial charge in [-0.05, 0) is 33.8 Å². The Bertz CT molecular complexity index is 820. The minimum absolute atomic E-state index is 0.0994. The van der Waals surface area contributed by atoms with Gasteiger partial charge in [-0.25, -0.2) is 20.6 Å². The van der Waals surface area contributed by atoms with E-state index in [2.05, 4.69) is 20.3 Å². The summed E-state index contributed by atoms with van der Waals surface area (Å²) >= 11 is 0. The molecule has 2 amide bonds. The van der Waals surface area contributed by atoms with Gasteiger partial charge in [0.05, 0.1) is 24.1 Å². The van der Waals surface area contributed by atoms with E-state index in [-0.39, 0.29) is 18.3 Å². The van der Waals surface area contributed by atoms with Crippen LogP contribution in [0.5, 0.6) is 5.88 Å². The van der Waals surface area contributed by atoms with Gasteiger partial charge in [-0.2, -0.15) is 0 Å². The molecule has 2 aromatic heterocycles. The largest absolute Gasteiger partial charge is 0.475 e. The molecule has 2 heterocycles. The Morgan fingerprint density at radius 1 is 1.21 bits per heavy atom. The molecule has 0 spiro atoms. The highest BCUT2D eigenvalue weighted by molar-refractivity contribution is 5.91. The summed E-state index contributed by atoms with van der Waals surface area (Å²) in [5.41, 5.74) is 2.67. The summed E-state index contributed by atoms with van der Waals surface area (Å²) in [6, 6.07) is 3.13. The highest BCUT2D eigenvalue weighted by atomic mass is 16.6. The zero-order valence-electron chi connectivity index (χ0n) is 16.2. The fourth-order valence-corrected chi connectivity index (χ4v) is 2.07. The van der Waals surface area contributed by atoms with Crippen molar-refractivity contribution in [3.63, 3.8) is 0 Å². The number of pyridine rings is 1. The summed E-state index contributed by atoms with van der Waals surface area (Å²) in [6.45, 7) is 7.39. The predicted molar refractivity (Wildman–Crippen MR) is 101 cm³/mol. The molecule has 0 aliphatic heterocycles. The standard InChI is InChI=1S/C18H24N6O4/c1-11(22-17(26)28-18(2,3)4)10-27-15-6-5-12(7-21-15)13-8-20-9-14(23-13)16(25)24-19/h5-9,11H,10,19H2,1-4H3,(H,22,26)(H,24,25). The Hall–Kier alpha value is -3.27. The van der Waals surface area contributed by atoms with Crippen LogP contribution in [0, 0.1) is 0 Å². The van der Waals surface area contributed by atoms with Crippen LogP contribution in [0.15, 0.2) is 30.7 Å². The van der Waals surface area contributed by atoms with E-state index in [1.807, 2.05) is 5.43 Å². The molecule has 28 heavy (non-hydrogen) atoms. The second kappa shape index (κ2) is 9.09. The van der Waals surface area contributed by atoms with E-state index in [1.54, 1.807) is 46.0 Å². The van der Waals surface area contributed by atoms with Crippen molar-refractivity contribution in [3.05, 3.63) is 36.4 Å². The molecule has 0 saturated heterocycles. The van der Waals surface area contributed by atoms with Crippen LogP contribution in [-0.4, -0.2) is 45.2 Å². The number of carbonyl (C=O) groups is 2. The second-order valence-electron chi connectivity index (χ2n) is 7.01. The number of carbonyl (C=O) groups excluding carboxylic acids is 2. The quantitative estimate of drug-likeness (QED) is 0.383. The van der Waals surface area contributed by atoms with Crippen LogP contribution in [-0.2, 0) is 4.74 Å². The van der Waals surface area contributed by atoms with E-state index in [1.165, 1.54) is 12.4 Å². The van der Waals surface area contributed by atoms with Crippen LogP contribution >= 0.6 is 0 Å². The van der Waals surface area contributed by atoms with Crippen molar-refractivity contribution in [1.29, 1.82) is 0 Å². The summed E-state index contributed by atoms with van der Waals surface area (Å²) in [5, 5.41) is 2.69. The minimum atomic E-state index is -0.562. The smallest absolute Gasteiger partial charge is 0.407 e. The first kappa shape index (κ1) is 21.0. The maximum atomic E-state index is 11.7. The number of nitrogens with one attached hydrogen (secondary N) is 2. The maximum Gasteiger partial charge on any atom is 0.407 e. The van der Waals surface area contributed by atoms with E-state index < -0.39 is 17.6 Å². The highest BCUT2D eigenvalue weighted by Crippen LogP contribution is 2.18. The Balaban J connectivity index is 1.93. The van der Waals surface area contributed by atoms with E-state index in [0.29, 0.717) is 17.1 Å². The van der Waals surface area contributed by atoms with Gasteiger partial charge in [-0.1, -0.05) is 0 Å². The zero-order valence-corrected chi connectivity index (χ0v) is 16.2. The Morgan fingerprint density at radius 3 is 2.57 bits per heavy atom. The fraction of sp³-hybridized carbons (Fsp3) is 0.389. The predicted octanol–water partition coefficient (Wildman–Crippen LogP) is 1.43. The fourth-order valence-electron chi connectivity index (χ4n) is 2.07. The molecule has 0 fully saturated rings. The molecule has 0 aliphatic rings. The average Bonchev–Trinajstić information content (AvgIpc) is 2.64. The van der Waals surface area contributed by atoms with Crippen LogP contribution in [0.1, 0.15) is 38.2 Å². The summed E-state index contributed by atoms with van der Waals surface area (Å²) in [6.07, 6.45) is 3.87. The number of ether oxygens (including phenoxy) is 2. The SMILES string of the molecule is CC(COc1ccc(-c2cncc(C(=O)NN)n2)cn1)NC(=O)OC(C)(C)C. The van der Waals surface area contributed by atoms with Crippen molar-refractivity contribution < 1.29 is 19.1 Å². The van der Waals surface area contributed by atoms with Gasteiger partial charge in [-0.15, -0.1) is 0 Å². The molecular weight excluding hydrogens is 364 g/mol. The number of alkyl carbamates (subject to hydrolysis) is 1. The number of hydrogen-bond donors (Lipinski definition) is 3. The van der Waals surface area contributed by atoms with E-state index >= 15 is 0 Å². The highest BCUT2D eigenvalue weighted by Gasteiger charge is 2.18. The zero-order chi connectivity index (χ0) is 20.7. The lowest BCUT2D eigenvalue weighted by molar-refractivity contribution is 0.0493. The molecule has 0 aliphatic carbocycles. The molecule has 10 heteroatoms. The molecule has 0 bridgehead atoms. The number of nitrogens with two attached hydrogens (primary N) is 1. The van der Waals surface area contributed by atoms with Crippen LogP contribution < -0.4 is 21.3 Å². The van der Waals surface area contributed by atoms with Crippen molar-refractivity contribution >= 4 is 12.0 Å². The second-order valence-corrected chi connectivity index (χ2v) is 7.01. The Kier molecular flexibility index (Phi) is 6.83. The van der Waals surface area contributed by atoms with Gasteiger partial charge < -0.3 is 14.8 Å². The van der Waals surface area contributed by atoms with Crippen molar-refractivity contribution in [2.75, 3.05) is 6.61 Å². The number of rotatable bonds is 6. The van der Waals surface area contributed by atoms with Crippen molar-refractivity contribution in [2.24, 2.45) is 5.84 Å². The van der Waals surface area contributed by atoms with Crippen molar-refractivity contribution in [2.45, 2.75) is 39.3 Å². The topological polar surface area (TPSA) is 141 Å². The summed E-state index contributed by atoms with van der Waals surface area (Å²) in [5.74, 6) is 4.95. The van der Waals surface area contributed by atoms with Crippen molar-refractivity contribution in [1.82, 2.24) is 25.7 Å². The van der Waals surface area contributed by atoms with E-state index in [4.69, 9.17) is 15.3 Å². The maximum absolute atomic E-state index is 11.7. The first-order valence-corrected chi connectivity index (χ1v) is 8.59. The van der Waals surface area contributed by atoms with Gasteiger partial charge in [0.15, 0.2) is 0 Å². The normalized spacial score (nSPS) is 12.0. The Morgan fingerprint density at radius 2 is 1.96 bits per heavy atom. The third kappa shape index (κ3) is 6.47. The van der Waals surface area contributed by atoms with Crippen LogP contribution in [0.3, 0.4) is 0 Å². The Labute approximate surface area is 162 Å². The first-order chi connectivity index (χ1) is 13.2. The van der Waals surface area contributed by atoms with E-state index in [9.17, 15) is 9.59 Å². The van der Waals surface area contributed by atoms with Gasteiger partial charge in [-0.3, -0.25) is 15.2 Å². The molecule has 0 saturated carbocycles. The summed E-state index contributed by atoms with van der Waals surface area (Å²) in [7, 11) is 0. The number of amides is 2. The van der Waals surface area contributed by atoms with Crippen LogP contribution in [0.2, 0.25) is 0 Å². The lowest BCUT2D eigenvalue weighted by Crippen LogP contribution is -2.40. The third-order valence-corrected chi connectivity index (χ3v) is 3.27. The lowest BCUT2D eigenvalue weighted by atomic mass is 10.2. The summed E-state index contributed by atoms with van der Waals surface area (Å²) in [4.78, 5) is 35.6. The van der Waals surface area contributed by atoms with Crippen LogP contribution in [0.4, 0.5) is 4.79 Å². The molecule has 0 radical (unpaired) electrons. The van der Waals surface area contributed by atoms with Crippen LogP contribution in [0.25, 0.3) is 11.3 Å². The van der Waals surface area contributed by atoms with Gasteiger partial charge in [0.25, 0.3) is 5.91 Å². The minimum Gasteiger partial charge on any atom is -0.475 e. The molecule has 10 nitrogen and oxygen atoms in total. The lowest BCUT2D eigenvalue weighted by Gasteiger charge is -2.21. The van der Waals surface area contributed by atoms with Crippen molar-refractivity contribution in [3.8, 4) is 17.1 Å². The molecule has 2 rings (SSSR count). The summed E-state index contributed by atoms with van der Waals surface area (Å²) < 4.78 is 10.8. The number of nitrogens with zero attached hydrogens (tertiary/aromatic N) is 3. The van der Waals surface area contributed by atoms with Gasteiger partial charge in [0, 0.05) is 17.8 Å². The van der Waals surface area contributed by atoms with E-state index in [0.717, 1.165) is 0 Å². The number of hydrazine groups is 1. The molecule has 1 unspecified atom stereocenters. The molecule has 0 aromatic carbocycles. The molecular formula is C18H24N6O4. The van der Waals surface area contributed by atoms with Gasteiger partial charge in [0.2, 0.25) is 5.88 Å². The molecule has 150 valence electrons. The number of nitrogen functional groups attached to an aromatic ring is 1. The number of hydrogen-bond acceptors (Lipinski definition) is 8. The first-order valence-electron chi connectivity index (χ1n) is 8.59. The molecule has 2 aromatic rings. The average molecular weight is 388 g/mol. The monoisotopic (exact) mass is 388 g/mol. The van der Waals surface area contributed by atoms with Gasteiger partial charge >= 0.3 is 6.09 Å².